The van der Waals surface area contributed by atoms with E-state index in [0.717, 1.165) is 26.7 Å². The Bertz CT molecular complexity index is 824. The van der Waals surface area contributed by atoms with E-state index in [0.29, 0.717) is 5.56 Å². The lowest BCUT2D eigenvalue weighted by Gasteiger charge is -2.09. The molecule has 0 saturated heterocycles. The van der Waals surface area contributed by atoms with Crippen molar-refractivity contribution in [1.82, 2.24) is 0 Å². The van der Waals surface area contributed by atoms with E-state index < -0.39 is 0 Å². The minimum absolute atomic E-state index is 0.322. The second-order valence-electron chi connectivity index (χ2n) is 5.13. The zero-order valence-electron chi connectivity index (χ0n) is 12.6. The van der Waals surface area contributed by atoms with Crippen molar-refractivity contribution in [3.05, 3.63) is 82.8 Å². The largest absolute Gasteiger partial charge is 0.465 e. The molecule has 0 heterocycles. The van der Waals surface area contributed by atoms with Crippen LogP contribution in [0.25, 0.3) is 22.3 Å². The first kappa shape index (κ1) is 15.5. The summed E-state index contributed by atoms with van der Waals surface area (Å²) in [6, 6.07) is 23.9. The Balaban J connectivity index is 1.99. The molecule has 0 unspecified atom stereocenters. The molecule has 0 amide bonds. The van der Waals surface area contributed by atoms with E-state index in [1.165, 1.54) is 7.11 Å². The number of halogens is 1. The van der Waals surface area contributed by atoms with Gasteiger partial charge in [-0.2, -0.15) is 0 Å². The van der Waals surface area contributed by atoms with Gasteiger partial charge in [0.15, 0.2) is 0 Å². The molecule has 114 valence electrons. The van der Waals surface area contributed by atoms with Gasteiger partial charge in [-0.05, 0) is 46.5 Å². The van der Waals surface area contributed by atoms with Gasteiger partial charge in [0.25, 0.3) is 0 Å². The highest BCUT2D eigenvalue weighted by Gasteiger charge is 2.08. The van der Waals surface area contributed by atoms with Crippen molar-refractivity contribution in [3.8, 4) is 22.3 Å². The van der Waals surface area contributed by atoms with Crippen molar-refractivity contribution < 1.29 is 9.53 Å². The van der Waals surface area contributed by atoms with E-state index in [1.807, 2.05) is 36.4 Å². The van der Waals surface area contributed by atoms with Crippen LogP contribution in [0.3, 0.4) is 0 Å². The van der Waals surface area contributed by atoms with Gasteiger partial charge in [-0.3, -0.25) is 0 Å². The summed E-state index contributed by atoms with van der Waals surface area (Å²) in [6.45, 7) is 0. The molecule has 0 aromatic heterocycles. The second kappa shape index (κ2) is 6.80. The number of benzene rings is 3. The zero-order chi connectivity index (χ0) is 16.2. The molecule has 3 aromatic rings. The van der Waals surface area contributed by atoms with Crippen LogP contribution in [0.1, 0.15) is 10.4 Å². The van der Waals surface area contributed by atoms with Crippen molar-refractivity contribution in [2.75, 3.05) is 7.11 Å². The van der Waals surface area contributed by atoms with Crippen LogP contribution in [-0.2, 0) is 4.74 Å². The highest BCUT2D eigenvalue weighted by Crippen LogP contribution is 2.32. The first-order chi connectivity index (χ1) is 11.2. The Hall–Kier alpha value is -2.39. The maximum Gasteiger partial charge on any atom is 0.337 e. The molecule has 0 atom stereocenters. The number of carbonyl (C=O) groups is 1. The number of carbonyl (C=O) groups excluding carboxylic acids is 1. The first-order valence-corrected chi connectivity index (χ1v) is 8.02. The molecule has 0 radical (unpaired) electrons. The minimum atomic E-state index is -0.322. The summed E-state index contributed by atoms with van der Waals surface area (Å²) in [5.41, 5.74) is 5.01. The standard InChI is InChI=1S/C20H15BrO2/c1-23-20(22)16-9-7-14(8-10-16)17-11-12-19(21)18(13-17)15-5-3-2-4-6-15/h2-13H,1H3. The molecule has 2 nitrogen and oxygen atoms in total. The third-order valence-electron chi connectivity index (χ3n) is 3.69. The van der Waals surface area contributed by atoms with Crippen molar-refractivity contribution in [1.29, 1.82) is 0 Å². The molecule has 0 aliphatic heterocycles. The summed E-state index contributed by atoms with van der Waals surface area (Å²) in [5.74, 6) is -0.322. The lowest BCUT2D eigenvalue weighted by Crippen LogP contribution is -2.00. The van der Waals surface area contributed by atoms with Crippen LogP contribution in [0.15, 0.2) is 77.3 Å². The van der Waals surface area contributed by atoms with Gasteiger partial charge in [-0.1, -0.05) is 64.5 Å². The predicted molar refractivity (Wildman–Crippen MR) is 96.4 cm³/mol. The quantitative estimate of drug-likeness (QED) is 0.566. The first-order valence-electron chi connectivity index (χ1n) is 7.23. The summed E-state index contributed by atoms with van der Waals surface area (Å²) in [7, 11) is 1.39. The maximum atomic E-state index is 11.5. The Morgan fingerprint density at radius 3 is 2.13 bits per heavy atom. The smallest absolute Gasteiger partial charge is 0.337 e. The molecule has 0 N–H and O–H groups in total. The van der Waals surface area contributed by atoms with Gasteiger partial charge in [-0.25, -0.2) is 4.79 Å². The zero-order valence-corrected chi connectivity index (χ0v) is 14.2. The lowest BCUT2D eigenvalue weighted by molar-refractivity contribution is 0.0601. The highest BCUT2D eigenvalue weighted by atomic mass is 79.9. The fraction of sp³-hybridized carbons (Fsp3) is 0.0500. The number of hydrogen-bond acceptors (Lipinski definition) is 2. The van der Waals surface area contributed by atoms with Crippen LogP contribution in [0.2, 0.25) is 0 Å². The molecular formula is C20H15BrO2. The summed E-state index contributed by atoms with van der Waals surface area (Å²) in [6.07, 6.45) is 0. The third kappa shape index (κ3) is 3.35. The average Bonchev–Trinajstić information content (AvgIpc) is 2.62. The molecule has 23 heavy (non-hydrogen) atoms. The Morgan fingerprint density at radius 2 is 1.48 bits per heavy atom. The fourth-order valence-electron chi connectivity index (χ4n) is 2.46. The Morgan fingerprint density at radius 1 is 0.826 bits per heavy atom. The van der Waals surface area contributed by atoms with E-state index in [-0.39, 0.29) is 5.97 Å². The van der Waals surface area contributed by atoms with Crippen LogP contribution in [0, 0.1) is 0 Å². The van der Waals surface area contributed by atoms with Crippen LogP contribution >= 0.6 is 15.9 Å². The summed E-state index contributed by atoms with van der Waals surface area (Å²) in [4.78, 5) is 11.5. The average molecular weight is 367 g/mol. The molecule has 0 aliphatic rings. The molecule has 0 bridgehead atoms. The van der Waals surface area contributed by atoms with Gasteiger partial charge >= 0.3 is 5.97 Å². The summed E-state index contributed by atoms with van der Waals surface area (Å²) in [5, 5.41) is 0. The highest BCUT2D eigenvalue weighted by molar-refractivity contribution is 9.10. The number of ether oxygens (including phenoxy) is 1. The monoisotopic (exact) mass is 366 g/mol. The van der Waals surface area contributed by atoms with Gasteiger partial charge in [0.2, 0.25) is 0 Å². The van der Waals surface area contributed by atoms with E-state index in [1.54, 1.807) is 12.1 Å². The summed E-state index contributed by atoms with van der Waals surface area (Å²) < 4.78 is 5.78. The predicted octanol–water partition coefficient (Wildman–Crippen LogP) is 5.57. The van der Waals surface area contributed by atoms with E-state index in [9.17, 15) is 4.79 Å². The lowest BCUT2D eigenvalue weighted by atomic mass is 9.98. The van der Waals surface area contributed by atoms with Crippen LogP contribution in [0.4, 0.5) is 0 Å². The topological polar surface area (TPSA) is 26.3 Å². The molecule has 3 rings (SSSR count). The Kier molecular flexibility index (Phi) is 4.58. The number of rotatable bonds is 3. The fourth-order valence-corrected chi connectivity index (χ4v) is 2.94. The van der Waals surface area contributed by atoms with E-state index in [2.05, 4.69) is 40.2 Å². The van der Waals surface area contributed by atoms with Gasteiger partial charge in [-0.15, -0.1) is 0 Å². The Labute approximate surface area is 143 Å². The van der Waals surface area contributed by atoms with Gasteiger partial charge in [0.1, 0.15) is 0 Å². The van der Waals surface area contributed by atoms with Crippen LogP contribution < -0.4 is 0 Å². The van der Waals surface area contributed by atoms with Crippen molar-refractivity contribution in [2.45, 2.75) is 0 Å². The van der Waals surface area contributed by atoms with Crippen molar-refractivity contribution in [3.63, 3.8) is 0 Å². The summed E-state index contributed by atoms with van der Waals surface area (Å²) >= 11 is 3.62. The number of hydrogen-bond donors (Lipinski definition) is 0. The molecule has 0 fully saturated rings. The van der Waals surface area contributed by atoms with Crippen molar-refractivity contribution >= 4 is 21.9 Å². The van der Waals surface area contributed by atoms with E-state index in [4.69, 9.17) is 4.74 Å². The normalized spacial score (nSPS) is 10.3. The maximum absolute atomic E-state index is 11.5. The molecule has 0 spiro atoms. The minimum Gasteiger partial charge on any atom is -0.465 e. The molecular weight excluding hydrogens is 352 g/mol. The second-order valence-corrected chi connectivity index (χ2v) is 5.98. The molecule has 3 heteroatoms. The van der Waals surface area contributed by atoms with E-state index >= 15 is 0 Å². The number of esters is 1. The van der Waals surface area contributed by atoms with Gasteiger partial charge in [0.05, 0.1) is 12.7 Å². The third-order valence-corrected chi connectivity index (χ3v) is 4.38. The molecule has 0 aliphatic carbocycles. The number of methoxy groups -OCH3 is 1. The van der Waals surface area contributed by atoms with Crippen molar-refractivity contribution in [2.24, 2.45) is 0 Å². The molecule has 0 saturated carbocycles. The van der Waals surface area contributed by atoms with Crippen LogP contribution in [-0.4, -0.2) is 13.1 Å². The van der Waals surface area contributed by atoms with Gasteiger partial charge < -0.3 is 4.74 Å². The van der Waals surface area contributed by atoms with Crippen LogP contribution in [0.5, 0.6) is 0 Å². The molecule has 3 aromatic carbocycles. The van der Waals surface area contributed by atoms with Gasteiger partial charge in [0, 0.05) is 4.47 Å². The SMILES string of the molecule is COC(=O)c1ccc(-c2ccc(Br)c(-c3ccccc3)c2)cc1.